The summed E-state index contributed by atoms with van der Waals surface area (Å²) in [4.78, 5) is 13.7. The normalized spacial score (nSPS) is 17.1. The Morgan fingerprint density at radius 2 is 1.81 bits per heavy atom. The fourth-order valence-electron chi connectivity index (χ4n) is 2.35. The Bertz CT molecular complexity index is 555. The van der Waals surface area contributed by atoms with Crippen molar-refractivity contribution in [3.8, 4) is 0 Å². The SMILES string of the molecule is Nc1cc(Cl)c(Cl)c(C(=O)N2CCC(C(F)(F)F)CC2)c1. The molecule has 1 fully saturated rings. The van der Waals surface area contributed by atoms with Gasteiger partial charge < -0.3 is 10.6 Å². The maximum absolute atomic E-state index is 12.6. The number of halogens is 5. The van der Waals surface area contributed by atoms with Gasteiger partial charge in [0, 0.05) is 18.8 Å². The summed E-state index contributed by atoms with van der Waals surface area (Å²) in [6.45, 7) is 0.0670. The highest BCUT2D eigenvalue weighted by molar-refractivity contribution is 6.44. The van der Waals surface area contributed by atoms with Gasteiger partial charge in [-0.05, 0) is 25.0 Å². The van der Waals surface area contributed by atoms with Gasteiger partial charge in [0.25, 0.3) is 5.91 Å². The highest BCUT2D eigenvalue weighted by Gasteiger charge is 2.41. The monoisotopic (exact) mass is 340 g/mol. The van der Waals surface area contributed by atoms with E-state index in [9.17, 15) is 18.0 Å². The topological polar surface area (TPSA) is 46.3 Å². The molecule has 1 aromatic carbocycles. The number of nitrogen functional groups attached to an aromatic ring is 1. The zero-order valence-corrected chi connectivity index (χ0v) is 12.4. The second kappa shape index (κ2) is 5.93. The van der Waals surface area contributed by atoms with Gasteiger partial charge in [-0.3, -0.25) is 4.79 Å². The summed E-state index contributed by atoms with van der Waals surface area (Å²) in [7, 11) is 0. The largest absolute Gasteiger partial charge is 0.399 e. The van der Waals surface area contributed by atoms with E-state index < -0.39 is 18.0 Å². The number of alkyl halides is 3. The van der Waals surface area contributed by atoms with Gasteiger partial charge in [0.1, 0.15) is 0 Å². The van der Waals surface area contributed by atoms with Crippen molar-refractivity contribution < 1.29 is 18.0 Å². The van der Waals surface area contributed by atoms with Gasteiger partial charge in [0.15, 0.2) is 0 Å². The zero-order valence-electron chi connectivity index (χ0n) is 10.9. The average molecular weight is 341 g/mol. The molecule has 1 aliphatic rings. The van der Waals surface area contributed by atoms with Crippen molar-refractivity contribution in [1.29, 1.82) is 0 Å². The van der Waals surface area contributed by atoms with Crippen LogP contribution in [0.3, 0.4) is 0 Å². The second-order valence-corrected chi connectivity index (χ2v) is 5.76. The smallest absolute Gasteiger partial charge is 0.391 e. The molecule has 0 radical (unpaired) electrons. The zero-order chi connectivity index (χ0) is 15.8. The summed E-state index contributed by atoms with van der Waals surface area (Å²) in [5, 5.41) is 0.207. The number of nitrogens with zero attached hydrogens (tertiary/aromatic N) is 1. The molecule has 2 N–H and O–H groups in total. The fourth-order valence-corrected chi connectivity index (χ4v) is 2.76. The summed E-state index contributed by atoms with van der Waals surface area (Å²) in [6.07, 6.45) is -4.43. The van der Waals surface area contributed by atoms with Crippen LogP contribution in [0.25, 0.3) is 0 Å². The van der Waals surface area contributed by atoms with E-state index in [0.29, 0.717) is 0 Å². The van der Waals surface area contributed by atoms with Crippen molar-refractivity contribution in [2.24, 2.45) is 5.92 Å². The molecule has 1 heterocycles. The number of piperidine rings is 1. The van der Waals surface area contributed by atoms with Crippen molar-refractivity contribution in [3.63, 3.8) is 0 Å². The van der Waals surface area contributed by atoms with E-state index in [-0.39, 0.29) is 47.2 Å². The number of carbonyl (C=O) groups is 1. The second-order valence-electron chi connectivity index (χ2n) is 4.97. The highest BCUT2D eigenvalue weighted by Crippen LogP contribution is 2.35. The lowest BCUT2D eigenvalue weighted by atomic mass is 9.96. The van der Waals surface area contributed by atoms with Crippen molar-refractivity contribution in [3.05, 3.63) is 27.7 Å². The molecule has 0 atom stereocenters. The number of nitrogens with two attached hydrogens (primary N) is 1. The van der Waals surface area contributed by atoms with Crippen LogP contribution in [-0.4, -0.2) is 30.1 Å². The van der Waals surface area contributed by atoms with Crippen LogP contribution in [0.2, 0.25) is 10.0 Å². The Labute approximate surface area is 129 Å². The van der Waals surface area contributed by atoms with Crippen LogP contribution in [0.4, 0.5) is 18.9 Å². The third-order valence-electron chi connectivity index (χ3n) is 3.53. The van der Waals surface area contributed by atoms with Crippen molar-refractivity contribution in [2.75, 3.05) is 18.8 Å². The average Bonchev–Trinajstić information content (AvgIpc) is 2.41. The minimum Gasteiger partial charge on any atom is -0.399 e. The molecule has 0 bridgehead atoms. The molecule has 3 nitrogen and oxygen atoms in total. The van der Waals surface area contributed by atoms with Crippen LogP contribution in [0, 0.1) is 5.92 Å². The minimum atomic E-state index is -4.22. The van der Waals surface area contributed by atoms with E-state index in [1.807, 2.05) is 0 Å². The van der Waals surface area contributed by atoms with E-state index >= 15 is 0 Å². The molecule has 1 aliphatic heterocycles. The first-order chi connectivity index (χ1) is 9.70. The molecular formula is C13H13Cl2F3N2O. The summed E-state index contributed by atoms with van der Waals surface area (Å²) in [5.74, 6) is -1.81. The van der Waals surface area contributed by atoms with E-state index in [1.165, 1.54) is 17.0 Å². The van der Waals surface area contributed by atoms with Crippen molar-refractivity contribution >= 4 is 34.8 Å². The first-order valence-electron chi connectivity index (χ1n) is 6.30. The Morgan fingerprint density at radius 3 is 2.33 bits per heavy atom. The number of amides is 1. The molecule has 2 rings (SSSR count). The number of likely N-dealkylation sites (tertiary alicyclic amines) is 1. The number of benzene rings is 1. The van der Waals surface area contributed by atoms with Gasteiger partial charge in [-0.1, -0.05) is 23.2 Å². The maximum atomic E-state index is 12.6. The van der Waals surface area contributed by atoms with Crippen LogP contribution in [0.5, 0.6) is 0 Å². The van der Waals surface area contributed by atoms with E-state index in [1.54, 1.807) is 0 Å². The highest BCUT2D eigenvalue weighted by atomic mass is 35.5. The van der Waals surface area contributed by atoms with Gasteiger partial charge in [-0.2, -0.15) is 13.2 Å². The van der Waals surface area contributed by atoms with Gasteiger partial charge >= 0.3 is 6.18 Å². The molecule has 0 aromatic heterocycles. The van der Waals surface area contributed by atoms with Gasteiger partial charge in [-0.25, -0.2) is 0 Å². The standard InChI is InChI=1S/C13H13Cl2F3N2O/c14-10-6-8(19)5-9(11(10)15)12(21)20-3-1-7(2-4-20)13(16,17)18/h5-7H,1-4,19H2. The third kappa shape index (κ3) is 3.55. The molecule has 21 heavy (non-hydrogen) atoms. The Hall–Kier alpha value is -1.14. The molecular weight excluding hydrogens is 328 g/mol. The fraction of sp³-hybridized carbons (Fsp3) is 0.462. The summed E-state index contributed by atoms with van der Waals surface area (Å²) in [6, 6.07) is 2.79. The van der Waals surface area contributed by atoms with Gasteiger partial charge in [-0.15, -0.1) is 0 Å². The van der Waals surface area contributed by atoms with Crippen LogP contribution >= 0.6 is 23.2 Å². The molecule has 8 heteroatoms. The third-order valence-corrected chi connectivity index (χ3v) is 4.33. The predicted molar refractivity (Wildman–Crippen MR) is 75.6 cm³/mol. The molecule has 1 saturated heterocycles. The van der Waals surface area contributed by atoms with Crippen molar-refractivity contribution in [1.82, 2.24) is 4.90 Å². The Morgan fingerprint density at radius 1 is 1.24 bits per heavy atom. The lowest BCUT2D eigenvalue weighted by Crippen LogP contribution is -2.42. The molecule has 1 aromatic rings. The predicted octanol–water partition coefficient (Wildman–Crippen LogP) is 3.99. The van der Waals surface area contributed by atoms with E-state index in [4.69, 9.17) is 28.9 Å². The Balaban J connectivity index is 2.13. The number of rotatable bonds is 1. The number of carbonyl (C=O) groups excluding carboxylic acids is 1. The molecule has 0 saturated carbocycles. The molecule has 0 unspecified atom stereocenters. The van der Waals surface area contributed by atoms with Crippen molar-refractivity contribution in [2.45, 2.75) is 19.0 Å². The van der Waals surface area contributed by atoms with Gasteiger partial charge in [0.05, 0.1) is 21.5 Å². The molecule has 1 amide bonds. The summed E-state index contributed by atoms with van der Waals surface area (Å²) >= 11 is 11.8. The summed E-state index contributed by atoms with van der Waals surface area (Å²) < 4.78 is 37.8. The van der Waals surface area contributed by atoms with Crippen LogP contribution in [0.15, 0.2) is 12.1 Å². The minimum absolute atomic E-state index is 0.0335. The Kier molecular flexibility index (Phi) is 4.58. The summed E-state index contributed by atoms with van der Waals surface area (Å²) in [5.41, 5.74) is 6.01. The maximum Gasteiger partial charge on any atom is 0.391 e. The van der Waals surface area contributed by atoms with Crippen LogP contribution in [-0.2, 0) is 0 Å². The first kappa shape index (κ1) is 16.2. The van der Waals surface area contributed by atoms with E-state index in [0.717, 1.165) is 0 Å². The molecule has 0 spiro atoms. The first-order valence-corrected chi connectivity index (χ1v) is 7.06. The van der Waals surface area contributed by atoms with Crippen LogP contribution < -0.4 is 5.73 Å². The molecule has 0 aliphatic carbocycles. The number of anilines is 1. The lowest BCUT2D eigenvalue weighted by Gasteiger charge is -2.33. The lowest BCUT2D eigenvalue weighted by molar-refractivity contribution is -0.183. The van der Waals surface area contributed by atoms with Gasteiger partial charge in [0.2, 0.25) is 0 Å². The number of hydrogen-bond acceptors (Lipinski definition) is 2. The van der Waals surface area contributed by atoms with Crippen LogP contribution in [0.1, 0.15) is 23.2 Å². The van der Waals surface area contributed by atoms with E-state index in [2.05, 4.69) is 0 Å². The number of hydrogen-bond donors (Lipinski definition) is 1. The molecule has 116 valence electrons. The quantitative estimate of drug-likeness (QED) is 0.785.